The molecule has 0 radical (unpaired) electrons. The van der Waals surface area contributed by atoms with Gasteiger partial charge >= 0.3 is 0 Å². The third-order valence-corrected chi connectivity index (χ3v) is 2.72. The molecule has 0 saturated carbocycles. The first-order chi connectivity index (χ1) is 7.35. The van der Waals surface area contributed by atoms with Gasteiger partial charge in [-0.05, 0) is 31.2 Å². The van der Waals surface area contributed by atoms with Crippen LogP contribution in [0.4, 0.5) is 0 Å². The highest BCUT2D eigenvalue weighted by Crippen LogP contribution is 2.34. The van der Waals surface area contributed by atoms with Crippen LogP contribution in [-0.2, 0) is 0 Å². The van der Waals surface area contributed by atoms with Crippen LogP contribution in [0.25, 0.3) is 0 Å². The highest BCUT2D eigenvalue weighted by atomic mass is 16.7. The molecule has 1 aliphatic heterocycles. The van der Waals surface area contributed by atoms with Gasteiger partial charge in [0.05, 0.1) is 0 Å². The summed E-state index contributed by atoms with van der Waals surface area (Å²) in [6.07, 6.45) is 2.30. The van der Waals surface area contributed by atoms with Crippen molar-refractivity contribution in [1.82, 2.24) is 5.32 Å². The normalized spacial score (nSPS) is 15.3. The van der Waals surface area contributed by atoms with Gasteiger partial charge in [-0.15, -0.1) is 0 Å². The van der Waals surface area contributed by atoms with Crippen LogP contribution >= 0.6 is 0 Å². The third-order valence-electron chi connectivity index (χ3n) is 2.72. The van der Waals surface area contributed by atoms with E-state index in [-0.39, 0.29) is 0 Å². The fraction of sp³-hybridized carbons (Fsp3) is 0.500. The molecule has 3 nitrogen and oxygen atoms in total. The molecule has 1 N–H and O–H groups in total. The third kappa shape index (κ3) is 2.07. The predicted molar refractivity (Wildman–Crippen MR) is 59.3 cm³/mol. The monoisotopic (exact) mass is 207 g/mol. The van der Waals surface area contributed by atoms with E-state index in [4.69, 9.17) is 9.47 Å². The number of fused-ring (bicyclic) bond motifs is 1. The summed E-state index contributed by atoms with van der Waals surface area (Å²) in [4.78, 5) is 0. The Labute approximate surface area is 90.4 Å². The van der Waals surface area contributed by atoms with Crippen molar-refractivity contribution in [3.8, 4) is 11.5 Å². The molecule has 0 saturated heterocycles. The first kappa shape index (κ1) is 10.3. The molecule has 1 heterocycles. The summed E-state index contributed by atoms with van der Waals surface area (Å²) in [5, 5.41) is 3.31. The molecule has 1 aromatic carbocycles. The minimum Gasteiger partial charge on any atom is -0.454 e. The molecule has 0 amide bonds. The lowest BCUT2D eigenvalue weighted by atomic mass is 10.0. The maximum absolute atomic E-state index is 5.36. The van der Waals surface area contributed by atoms with E-state index in [0.717, 1.165) is 17.9 Å². The van der Waals surface area contributed by atoms with Crippen LogP contribution in [0.3, 0.4) is 0 Å². The summed E-state index contributed by atoms with van der Waals surface area (Å²) >= 11 is 0. The van der Waals surface area contributed by atoms with Crippen LogP contribution in [0.1, 0.15) is 31.4 Å². The highest BCUT2D eigenvalue weighted by molar-refractivity contribution is 5.45. The Morgan fingerprint density at radius 2 is 2.13 bits per heavy atom. The Bertz CT molecular complexity index is 338. The molecule has 82 valence electrons. The standard InChI is InChI=1S/C12H17NO2/c1-3-4-10(13-2)9-5-6-11-12(7-9)15-8-14-11/h5-7,10,13H,3-4,8H2,1-2H3. The maximum Gasteiger partial charge on any atom is 0.231 e. The molecule has 0 aromatic heterocycles. The van der Waals surface area contributed by atoms with E-state index in [1.54, 1.807) is 0 Å². The first-order valence-electron chi connectivity index (χ1n) is 5.42. The summed E-state index contributed by atoms with van der Waals surface area (Å²) in [6.45, 7) is 2.54. The molecule has 1 atom stereocenters. The van der Waals surface area contributed by atoms with Crippen molar-refractivity contribution >= 4 is 0 Å². The molecule has 0 spiro atoms. The van der Waals surface area contributed by atoms with Gasteiger partial charge in [0.15, 0.2) is 11.5 Å². The van der Waals surface area contributed by atoms with Crippen molar-refractivity contribution in [2.75, 3.05) is 13.8 Å². The number of nitrogens with one attached hydrogen (secondary N) is 1. The average molecular weight is 207 g/mol. The second-order valence-electron chi connectivity index (χ2n) is 3.74. The zero-order chi connectivity index (χ0) is 10.7. The smallest absolute Gasteiger partial charge is 0.231 e. The SMILES string of the molecule is CCCC(NC)c1ccc2c(c1)OCO2. The van der Waals surface area contributed by atoms with Crippen LogP contribution in [-0.4, -0.2) is 13.8 Å². The average Bonchev–Trinajstić information content (AvgIpc) is 2.72. The number of benzene rings is 1. The van der Waals surface area contributed by atoms with Gasteiger partial charge < -0.3 is 14.8 Å². The number of rotatable bonds is 4. The topological polar surface area (TPSA) is 30.5 Å². The number of hydrogen-bond acceptors (Lipinski definition) is 3. The Hall–Kier alpha value is -1.22. The summed E-state index contributed by atoms with van der Waals surface area (Å²) in [5.41, 5.74) is 1.27. The molecule has 0 fully saturated rings. The predicted octanol–water partition coefficient (Wildman–Crippen LogP) is 2.48. The minimum absolute atomic E-state index is 0.344. The molecular weight excluding hydrogens is 190 g/mol. The van der Waals surface area contributed by atoms with Crippen LogP contribution in [0, 0.1) is 0 Å². The minimum atomic E-state index is 0.344. The Morgan fingerprint density at radius 1 is 1.33 bits per heavy atom. The van der Waals surface area contributed by atoms with Crippen molar-refractivity contribution in [3.63, 3.8) is 0 Å². The summed E-state index contributed by atoms with van der Waals surface area (Å²) in [7, 11) is 1.99. The maximum atomic E-state index is 5.36. The van der Waals surface area contributed by atoms with Gasteiger partial charge in [0.2, 0.25) is 6.79 Å². The van der Waals surface area contributed by atoms with Gasteiger partial charge in [0.1, 0.15) is 0 Å². The van der Waals surface area contributed by atoms with E-state index >= 15 is 0 Å². The lowest BCUT2D eigenvalue weighted by Gasteiger charge is -2.15. The second-order valence-corrected chi connectivity index (χ2v) is 3.74. The van der Waals surface area contributed by atoms with E-state index in [1.165, 1.54) is 12.0 Å². The van der Waals surface area contributed by atoms with Crippen LogP contribution in [0.2, 0.25) is 0 Å². The Morgan fingerprint density at radius 3 is 2.87 bits per heavy atom. The van der Waals surface area contributed by atoms with E-state index < -0.39 is 0 Å². The van der Waals surface area contributed by atoms with Gasteiger partial charge in [-0.2, -0.15) is 0 Å². The fourth-order valence-corrected chi connectivity index (χ4v) is 1.90. The van der Waals surface area contributed by atoms with E-state index in [1.807, 2.05) is 13.1 Å². The lowest BCUT2D eigenvalue weighted by molar-refractivity contribution is 0.174. The molecule has 0 bridgehead atoms. The van der Waals surface area contributed by atoms with E-state index in [0.29, 0.717) is 12.8 Å². The van der Waals surface area contributed by atoms with Gasteiger partial charge in [0.25, 0.3) is 0 Å². The van der Waals surface area contributed by atoms with Crippen molar-refractivity contribution in [2.45, 2.75) is 25.8 Å². The molecular formula is C12H17NO2. The van der Waals surface area contributed by atoms with Crippen LogP contribution < -0.4 is 14.8 Å². The number of ether oxygens (including phenoxy) is 2. The fourth-order valence-electron chi connectivity index (χ4n) is 1.90. The zero-order valence-electron chi connectivity index (χ0n) is 9.25. The quantitative estimate of drug-likeness (QED) is 0.822. The molecule has 3 heteroatoms. The molecule has 15 heavy (non-hydrogen) atoms. The largest absolute Gasteiger partial charge is 0.454 e. The van der Waals surface area contributed by atoms with Crippen molar-refractivity contribution in [2.24, 2.45) is 0 Å². The summed E-state index contributed by atoms with van der Waals surface area (Å²) < 4.78 is 10.6. The zero-order valence-corrected chi connectivity index (χ0v) is 9.25. The van der Waals surface area contributed by atoms with Crippen LogP contribution in [0.15, 0.2) is 18.2 Å². The van der Waals surface area contributed by atoms with Gasteiger partial charge in [-0.1, -0.05) is 19.4 Å². The second kappa shape index (κ2) is 4.53. The van der Waals surface area contributed by atoms with Gasteiger partial charge in [0, 0.05) is 6.04 Å². The molecule has 1 aliphatic rings. The first-order valence-corrected chi connectivity index (χ1v) is 5.42. The summed E-state index contributed by atoms with van der Waals surface area (Å²) in [5.74, 6) is 1.72. The Balaban J connectivity index is 2.20. The van der Waals surface area contributed by atoms with Crippen molar-refractivity contribution < 1.29 is 9.47 Å². The van der Waals surface area contributed by atoms with E-state index in [9.17, 15) is 0 Å². The number of hydrogen-bond donors (Lipinski definition) is 1. The molecule has 1 unspecified atom stereocenters. The van der Waals surface area contributed by atoms with Gasteiger partial charge in [-0.3, -0.25) is 0 Å². The molecule has 0 aliphatic carbocycles. The molecule has 2 rings (SSSR count). The highest BCUT2D eigenvalue weighted by Gasteiger charge is 2.16. The molecule has 1 aromatic rings. The summed E-state index contributed by atoms with van der Waals surface area (Å²) in [6, 6.07) is 6.56. The van der Waals surface area contributed by atoms with Crippen LogP contribution in [0.5, 0.6) is 11.5 Å². The van der Waals surface area contributed by atoms with Crippen molar-refractivity contribution in [1.29, 1.82) is 0 Å². The lowest BCUT2D eigenvalue weighted by Crippen LogP contribution is -2.15. The van der Waals surface area contributed by atoms with Gasteiger partial charge in [-0.25, -0.2) is 0 Å². The Kier molecular flexibility index (Phi) is 3.11. The van der Waals surface area contributed by atoms with E-state index in [2.05, 4.69) is 24.4 Å². The van der Waals surface area contributed by atoms with Crippen molar-refractivity contribution in [3.05, 3.63) is 23.8 Å².